The van der Waals surface area contributed by atoms with Gasteiger partial charge in [-0.3, -0.25) is 4.79 Å². The van der Waals surface area contributed by atoms with Crippen molar-refractivity contribution in [3.8, 4) is 0 Å². The number of primary amides is 1. The van der Waals surface area contributed by atoms with Crippen molar-refractivity contribution in [3.05, 3.63) is 29.8 Å². The fourth-order valence-corrected chi connectivity index (χ4v) is 2.57. The van der Waals surface area contributed by atoms with Crippen LogP contribution in [0.5, 0.6) is 0 Å². The number of hydrogen-bond donors (Lipinski definition) is 2. The van der Waals surface area contributed by atoms with E-state index in [9.17, 15) is 43.5 Å². The summed E-state index contributed by atoms with van der Waals surface area (Å²) < 4.78 is 126. The second-order valence-corrected chi connectivity index (χ2v) is 6.34. The van der Waals surface area contributed by atoms with Gasteiger partial charge >= 0.3 is 12.2 Å². The van der Waals surface area contributed by atoms with Gasteiger partial charge in [0.05, 0.1) is 0 Å². The van der Waals surface area contributed by atoms with E-state index in [1.807, 2.05) is 0 Å². The van der Waals surface area contributed by atoms with Crippen LogP contribution in [0.1, 0.15) is 6.92 Å². The van der Waals surface area contributed by atoms with Gasteiger partial charge < -0.3 is 5.73 Å². The molecule has 1 amide bonds. The van der Waals surface area contributed by atoms with Crippen LogP contribution in [-0.4, -0.2) is 37.1 Å². The van der Waals surface area contributed by atoms with Crippen LogP contribution in [0.2, 0.25) is 0 Å². The number of nitrogens with zero attached hydrogens (tertiary/aromatic N) is 1. The minimum Gasteiger partial charge on any atom is -0.372 e. The third kappa shape index (κ3) is 4.39. The van der Waals surface area contributed by atoms with Crippen LogP contribution in [0.3, 0.4) is 0 Å². The first-order chi connectivity index (χ1) is 11.5. The van der Waals surface area contributed by atoms with Gasteiger partial charge in [-0.2, -0.15) is 22.0 Å². The monoisotopic (exact) mass is 417 g/mol. The van der Waals surface area contributed by atoms with Crippen LogP contribution in [-0.2, 0) is 14.8 Å². The maximum Gasteiger partial charge on any atom is 0.429 e. The molecule has 0 bridgehead atoms. The van der Waals surface area contributed by atoms with Gasteiger partial charge in [0.1, 0.15) is 16.5 Å². The maximum absolute atomic E-state index is 13.6. The Hall–Kier alpha value is -2.00. The largest absolute Gasteiger partial charge is 0.429 e. The lowest BCUT2D eigenvalue weighted by atomic mass is 10.1. The molecule has 0 saturated carbocycles. The van der Waals surface area contributed by atoms with Crippen LogP contribution in [0.15, 0.2) is 23.1 Å². The molecule has 0 aliphatic heterocycles. The van der Waals surface area contributed by atoms with Crippen molar-refractivity contribution >= 4 is 16.4 Å². The van der Waals surface area contributed by atoms with E-state index in [1.165, 1.54) is 0 Å². The van der Waals surface area contributed by atoms with E-state index in [0.717, 1.165) is 0 Å². The average molecular weight is 417 g/mol. The molecule has 0 radical (unpaired) electrons. The van der Waals surface area contributed by atoms with Gasteiger partial charge in [-0.1, -0.05) is 4.41 Å². The van der Waals surface area contributed by atoms with Gasteiger partial charge in [0.2, 0.25) is 6.41 Å². The van der Waals surface area contributed by atoms with E-state index in [4.69, 9.17) is 4.79 Å². The standard InChI is InChI=1S/C10H8F8N2O2S.CH3NO/c1-8(13,9(14,15)16)10(17,18)20(19)23(21,22)7-4-5(11)2-3-6(7)12;2-1-3/h2-4H,19H2,1H3;1H,(H2,2,3). The molecule has 1 aromatic rings. The predicted octanol–water partition coefficient (Wildman–Crippen LogP) is 1.81. The summed E-state index contributed by atoms with van der Waals surface area (Å²) in [7, 11) is -5.89. The van der Waals surface area contributed by atoms with Gasteiger partial charge in [0.15, 0.2) is 0 Å². The highest BCUT2D eigenvalue weighted by molar-refractivity contribution is 7.89. The molecular formula is C11H11F8N3O3S. The Morgan fingerprint density at radius 2 is 1.50 bits per heavy atom. The molecule has 15 heteroatoms. The van der Waals surface area contributed by atoms with Gasteiger partial charge in [0, 0.05) is 0 Å². The van der Waals surface area contributed by atoms with Gasteiger partial charge in [-0.05, 0) is 25.1 Å². The summed E-state index contributed by atoms with van der Waals surface area (Å²) in [5.41, 5.74) is -1.23. The predicted molar refractivity (Wildman–Crippen MR) is 70.3 cm³/mol. The van der Waals surface area contributed by atoms with Gasteiger partial charge in [-0.15, -0.1) is 0 Å². The fraction of sp³-hybridized carbons (Fsp3) is 0.364. The highest BCUT2D eigenvalue weighted by Crippen LogP contribution is 2.47. The van der Waals surface area contributed by atoms with E-state index in [0.29, 0.717) is 6.07 Å². The van der Waals surface area contributed by atoms with Crippen LogP contribution >= 0.6 is 0 Å². The summed E-state index contributed by atoms with van der Waals surface area (Å²) in [4.78, 5) is 6.80. The minimum absolute atomic E-state index is 0.0935. The lowest BCUT2D eigenvalue weighted by Gasteiger charge is -2.36. The summed E-state index contributed by atoms with van der Waals surface area (Å²) in [6.45, 7) is -0.648. The molecule has 1 unspecified atom stereocenters. The second kappa shape index (κ2) is 7.71. The van der Waals surface area contributed by atoms with Crippen LogP contribution in [0.25, 0.3) is 0 Å². The van der Waals surface area contributed by atoms with E-state index < -0.39 is 55.8 Å². The van der Waals surface area contributed by atoms with Gasteiger partial charge in [-0.25, -0.2) is 27.4 Å². The molecule has 6 nitrogen and oxygen atoms in total. The lowest BCUT2D eigenvalue weighted by Crippen LogP contribution is -2.65. The molecule has 0 fully saturated rings. The summed E-state index contributed by atoms with van der Waals surface area (Å²) >= 11 is 0. The molecular weight excluding hydrogens is 406 g/mol. The first kappa shape index (κ1) is 24.0. The molecule has 0 spiro atoms. The zero-order valence-corrected chi connectivity index (χ0v) is 13.4. The number of rotatable bonds is 4. The number of alkyl halides is 6. The van der Waals surface area contributed by atoms with Crippen molar-refractivity contribution in [1.29, 1.82) is 0 Å². The number of carbonyl (C=O) groups is 1. The van der Waals surface area contributed by atoms with E-state index >= 15 is 0 Å². The number of hydrogen-bond acceptors (Lipinski definition) is 4. The third-order valence-electron chi connectivity index (χ3n) is 2.80. The smallest absolute Gasteiger partial charge is 0.372 e. The number of halogens is 8. The zero-order valence-electron chi connectivity index (χ0n) is 12.6. The lowest BCUT2D eigenvalue weighted by molar-refractivity contribution is -0.322. The summed E-state index contributed by atoms with van der Waals surface area (Å²) in [5, 5.41) is 0. The third-order valence-corrected chi connectivity index (χ3v) is 4.42. The van der Waals surface area contributed by atoms with Crippen LogP contribution in [0, 0.1) is 11.6 Å². The molecule has 1 rings (SSSR count). The van der Waals surface area contributed by atoms with Crippen molar-refractivity contribution < 1.29 is 48.3 Å². The number of hydrazine groups is 1. The molecule has 0 aliphatic rings. The Kier molecular flexibility index (Phi) is 7.12. The number of amides is 1. The molecule has 1 atom stereocenters. The Morgan fingerprint density at radius 1 is 1.08 bits per heavy atom. The van der Waals surface area contributed by atoms with Gasteiger partial charge in [0.25, 0.3) is 15.7 Å². The Morgan fingerprint density at radius 3 is 1.88 bits per heavy atom. The fourth-order valence-electron chi connectivity index (χ4n) is 1.31. The van der Waals surface area contributed by atoms with Crippen LogP contribution < -0.4 is 11.6 Å². The minimum atomic E-state index is -6.20. The molecule has 26 heavy (non-hydrogen) atoms. The van der Waals surface area contributed by atoms with Crippen molar-refractivity contribution in [2.24, 2.45) is 11.6 Å². The Balaban J connectivity index is 0.00000194. The molecule has 0 aromatic heterocycles. The first-order valence-corrected chi connectivity index (χ1v) is 7.46. The number of sulfonamides is 1. The number of nitrogens with two attached hydrogens (primary N) is 2. The molecule has 0 saturated heterocycles. The first-order valence-electron chi connectivity index (χ1n) is 6.02. The van der Waals surface area contributed by atoms with Crippen molar-refractivity contribution in [1.82, 2.24) is 4.41 Å². The highest BCUT2D eigenvalue weighted by Gasteiger charge is 2.72. The molecule has 1 aromatic carbocycles. The second-order valence-electron chi connectivity index (χ2n) is 4.55. The van der Waals surface area contributed by atoms with E-state index in [2.05, 4.69) is 11.6 Å². The topological polar surface area (TPSA) is 106 Å². The van der Waals surface area contributed by atoms with Crippen molar-refractivity contribution in [3.63, 3.8) is 0 Å². The SMILES string of the molecule is CC(F)(C(F)(F)F)C(F)(F)N(N)S(=O)(=O)c1cc(F)ccc1F.NC=O. The normalized spacial score (nSPS) is 15.0. The van der Waals surface area contributed by atoms with E-state index in [-0.39, 0.29) is 18.5 Å². The van der Waals surface area contributed by atoms with E-state index in [1.54, 1.807) is 0 Å². The maximum atomic E-state index is 13.6. The quantitative estimate of drug-likeness (QED) is 0.256. The summed E-state index contributed by atoms with van der Waals surface area (Å²) in [6.07, 6.45) is -5.95. The van der Waals surface area contributed by atoms with Crippen LogP contribution in [0.4, 0.5) is 35.1 Å². The van der Waals surface area contributed by atoms with Crippen molar-refractivity contribution in [2.75, 3.05) is 0 Å². The summed E-state index contributed by atoms with van der Waals surface area (Å²) in [5.74, 6) is 1.25. The highest BCUT2D eigenvalue weighted by atomic mass is 32.2. The van der Waals surface area contributed by atoms with Crippen molar-refractivity contribution in [2.45, 2.75) is 29.7 Å². The number of carbonyl (C=O) groups excluding carboxylic acids is 1. The average Bonchev–Trinajstić information content (AvgIpc) is 2.48. The molecule has 0 aliphatic carbocycles. The Labute approximate surface area is 141 Å². The number of benzene rings is 1. The molecule has 150 valence electrons. The molecule has 0 heterocycles. The molecule has 4 N–H and O–H groups in total. The summed E-state index contributed by atoms with van der Waals surface area (Å²) in [6, 6.07) is -5.30. The Bertz CT molecular complexity index is 752. The zero-order chi connectivity index (χ0) is 21.1.